The van der Waals surface area contributed by atoms with Crippen LogP contribution in [0.2, 0.25) is 0 Å². The van der Waals surface area contributed by atoms with Crippen molar-refractivity contribution in [2.45, 2.75) is 11.8 Å². The maximum absolute atomic E-state index is 10.5. The molecule has 1 aromatic carbocycles. The zero-order valence-corrected chi connectivity index (χ0v) is 12.9. The Morgan fingerprint density at radius 1 is 1.25 bits per heavy atom. The van der Waals surface area contributed by atoms with Crippen LogP contribution in [0.5, 0.6) is 0 Å². The molecule has 0 atom stereocenters. The molecule has 16 heavy (non-hydrogen) atoms. The molecule has 1 rings (SSSR count). The van der Waals surface area contributed by atoms with Gasteiger partial charge in [-0.3, -0.25) is 9.35 Å². The van der Waals surface area contributed by atoms with Crippen LogP contribution in [0.4, 0.5) is 5.69 Å². The van der Waals surface area contributed by atoms with Gasteiger partial charge < -0.3 is 10.8 Å². The first-order chi connectivity index (χ1) is 6.73. The molecule has 4 N–H and O–H groups in total. The van der Waals surface area contributed by atoms with Crippen LogP contribution in [-0.4, -0.2) is 75.4 Å². The van der Waals surface area contributed by atoms with E-state index in [1.807, 2.05) is 0 Å². The summed E-state index contributed by atoms with van der Waals surface area (Å²) in [6.45, 7) is 1.08. The molecule has 0 saturated carbocycles. The Morgan fingerprint density at radius 3 is 1.81 bits per heavy atom. The first-order valence-electron chi connectivity index (χ1n) is 3.76. The number of hydrogen-bond donors (Lipinski definition) is 3. The zero-order chi connectivity index (χ0) is 12.1. The third-order valence-corrected chi connectivity index (χ3v) is 2.05. The first-order valence-corrected chi connectivity index (χ1v) is 5.20. The van der Waals surface area contributed by atoms with E-state index < -0.39 is 16.1 Å². The van der Waals surface area contributed by atoms with Crippen LogP contribution in [-0.2, 0) is 14.9 Å². The van der Waals surface area contributed by atoms with Gasteiger partial charge in [0, 0.05) is 64.0 Å². The van der Waals surface area contributed by atoms with Crippen molar-refractivity contribution in [1.29, 1.82) is 0 Å². The molecule has 1 radical (unpaired) electrons. The van der Waals surface area contributed by atoms with Gasteiger partial charge in [0.25, 0.3) is 16.1 Å². The minimum Gasteiger partial charge on any atom is -0.481 e. The van der Waals surface area contributed by atoms with Crippen molar-refractivity contribution >= 4 is 73.2 Å². The van der Waals surface area contributed by atoms with Gasteiger partial charge in [-0.1, -0.05) is 0 Å². The average Bonchev–Trinajstić information content (AvgIpc) is 2.01. The summed E-state index contributed by atoms with van der Waals surface area (Å²) in [7, 11) is -4.08. The van der Waals surface area contributed by atoms with Gasteiger partial charge in [0.05, 0.1) is 4.90 Å². The third kappa shape index (κ3) is 9.28. The molecule has 0 spiro atoms. The summed E-state index contributed by atoms with van der Waals surface area (Å²) in [5.41, 5.74) is 5.75. The van der Waals surface area contributed by atoms with Crippen LogP contribution >= 0.6 is 0 Å². The van der Waals surface area contributed by atoms with E-state index in [1.165, 1.54) is 24.3 Å². The van der Waals surface area contributed by atoms with E-state index in [0.717, 1.165) is 6.92 Å². The number of carboxylic acids is 1. The summed E-state index contributed by atoms with van der Waals surface area (Å²) in [6, 6.07) is 5.29. The Bertz CT molecular complexity index is 424. The number of rotatable bonds is 1. The van der Waals surface area contributed by atoms with E-state index in [-0.39, 0.29) is 56.3 Å². The number of anilines is 1. The van der Waals surface area contributed by atoms with Crippen molar-refractivity contribution in [3.05, 3.63) is 24.3 Å². The fourth-order valence-electron chi connectivity index (χ4n) is 0.640. The van der Waals surface area contributed by atoms with Gasteiger partial charge in [-0.05, 0) is 24.3 Å². The van der Waals surface area contributed by atoms with Crippen LogP contribution in [0.3, 0.4) is 0 Å². The topological polar surface area (TPSA) is 118 Å². The van der Waals surface area contributed by atoms with E-state index in [1.54, 1.807) is 0 Å². The van der Waals surface area contributed by atoms with E-state index in [9.17, 15) is 8.42 Å². The number of carboxylic acid groups (broad SMARTS) is 1. The third-order valence-electron chi connectivity index (χ3n) is 1.18. The molecule has 8 heteroatoms. The van der Waals surface area contributed by atoms with Crippen LogP contribution in [0, 0.1) is 0 Å². The van der Waals surface area contributed by atoms with Crippen molar-refractivity contribution in [2.75, 3.05) is 5.73 Å². The fraction of sp³-hybridized carbons (Fsp3) is 0.125. The van der Waals surface area contributed by atoms with Gasteiger partial charge in [-0.25, -0.2) is 0 Å². The number of nitrogen functional groups attached to an aromatic ring is 1. The SMILES string of the molecule is CC(=O)O.Nc1ccc(S(=O)(=O)O)cc1.[K]. The van der Waals surface area contributed by atoms with Gasteiger partial charge in [0.15, 0.2) is 0 Å². The van der Waals surface area contributed by atoms with Gasteiger partial charge in [0.2, 0.25) is 0 Å². The van der Waals surface area contributed by atoms with Crippen molar-refractivity contribution in [2.24, 2.45) is 0 Å². The first kappa shape index (κ1) is 18.4. The van der Waals surface area contributed by atoms with Crippen LogP contribution < -0.4 is 5.73 Å². The van der Waals surface area contributed by atoms with E-state index in [0.29, 0.717) is 5.69 Å². The van der Waals surface area contributed by atoms with E-state index in [4.69, 9.17) is 20.2 Å². The molecule has 0 fully saturated rings. The van der Waals surface area contributed by atoms with Crippen LogP contribution in [0.25, 0.3) is 0 Å². The average molecular weight is 272 g/mol. The minimum absolute atomic E-state index is 0. The summed E-state index contributed by atoms with van der Waals surface area (Å²) in [6.07, 6.45) is 0. The molecule has 0 aliphatic carbocycles. The Hall–Kier alpha value is 0.0364. The van der Waals surface area contributed by atoms with Crippen molar-refractivity contribution in [1.82, 2.24) is 0 Å². The normalized spacial score (nSPS) is 9.38. The van der Waals surface area contributed by atoms with E-state index in [2.05, 4.69) is 0 Å². The monoisotopic (exact) mass is 272 g/mol. The van der Waals surface area contributed by atoms with Crippen LogP contribution in [0.1, 0.15) is 6.92 Å². The zero-order valence-electron chi connectivity index (χ0n) is 8.91. The second kappa shape index (κ2) is 8.17. The Kier molecular flexibility index (Phi) is 9.40. The molecule has 0 aliphatic heterocycles. The van der Waals surface area contributed by atoms with Gasteiger partial charge in [0.1, 0.15) is 0 Å². The molecule has 0 bridgehead atoms. The quantitative estimate of drug-likeness (QED) is 0.382. The predicted molar refractivity (Wildman–Crippen MR) is 59.7 cm³/mol. The van der Waals surface area contributed by atoms with Gasteiger partial charge >= 0.3 is 0 Å². The smallest absolute Gasteiger partial charge is 0.300 e. The molecule has 1 aromatic rings. The summed E-state index contributed by atoms with van der Waals surface area (Å²) < 4.78 is 29.4. The number of aliphatic carboxylic acids is 1. The predicted octanol–water partition coefficient (Wildman–Crippen LogP) is 0.226. The van der Waals surface area contributed by atoms with Gasteiger partial charge in [-0.2, -0.15) is 8.42 Å². The second-order valence-electron chi connectivity index (χ2n) is 2.56. The second-order valence-corrected chi connectivity index (χ2v) is 3.98. The standard InChI is InChI=1S/C6H7NO3S.C2H4O2.K/c7-5-1-3-6(4-2-5)11(8,9)10;1-2(3)4;/h1-4H,7H2,(H,8,9,10);1H3,(H,3,4);. The number of hydrogen-bond acceptors (Lipinski definition) is 4. The molecule has 85 valence electrons. The maximum atomic E-state index is 10.5. The molecule has 0 unspecified atom stereocenters. The molecular weight excluding hydrogens is 261 g/mol. The minimum atomic E-state index is -4.08. The Morgan fingerprint density at radius 2 is 1.56 bits per heavy atom. The summed E-state index contributed by atoms with van der Waals surface area (Å²) in [4.78, 5) is 8.85. The molecule has 6 nitrogen and oxygen atoms in total. The summed E-state index contributed by atoms with van der Waals surface area (Å²) in [5, 5.41) is 7.42. The molecule has 0 saturated heterocycles. The largest absolute Gasteiger partial charge is 0.481 e. The van der Waals surface area contributed by atoms with Crippen molar-refractivity contribution in [3.63, 3.8) is 0 Å². The molecule has 0 heterocycles. The molecule has 0 aliphatic rings. The van der Waals surface area contributed by atoms with Crippen molar-refractivity contribution in [3.8, 4) is 0 Å². The van der Waals surface area contributed by atoms with Crippen molar-refractivity contribution < 1.29 is 22.9 Å². The summed E-state index contributed by atoms with van der Waals surface area (Å²) >= 11 is 0. The Labute approximate surface area is 136 Å². The van der Waals surface area contributed by atoms with Crippen LogP contribution in [0.15, 0.2) is 29.2 Å². The number of carbonyl (C=O) groups is 1. The number of nitrogens with two attached hydrogens (primary N) is 1. The maximum Gasteiger partial charge on any atom is 0.300 e. The molecular formula is C8H11KNO5S. The molecule has 0 amide bonds. The number of benzene rings is 1. The summed E-state index contributed by atoms with van der Waals surface area (Å²) in [5.74, 6) is -0.833. The molecule has 0 aromatic heterocycles. The Balaban J connectivity index is 0. The fourth-order valence-corrected chi connectivity index (χ4v) is 1.12. The van der Waals surface area contributed by atoms with E-state index >= 15 is 0 Å². The van der Waals surface area contributed by atoms with Gasteiger partial charge in [-0.15, -0.1) is 0 Å².